The molecule has 0 saturated heterocycles. The van der Waals surface area contributed by atoms with Crippen molar-refractivity contribution in [3.63, 3.8) is 0 Å². The molecule has 0 N–H and O–H groups in total. The van der Waals surface area contributed by atoms with Gasteiger partial charge in [-0.05, 0) is 6.07 Å². The Kier molecular flexibility index (Phi) is 5.19. The molecule has 0 bridgehead atoms. The van der Waals surface area contributed by atoms with Gasteiger partial charge in [0.25, 0.3) is 0 Å². The summed E-state index contributed by atoms with van der Waals surface area (Å²) in [6.45, 7) is 5.84. The van der Waals surface area contributed by atoms with Gasteiger partial charge in [-0.15, -0.1) is 0 Å². The smallest absolute Gasteiger partial charge is 0.374 e. The van der Waals surface area contributed by atoms with Crippen molar-refractivity contribution in [3.8, 4) is 0 Å². The van der Waals surface area contributed by atoms with Crippen LogP contribution in [0.25, 0.3) is 0 Å². The maximum atomic E-state index is 12.2. The molecule has 0 aliphatic heterocycles. The molecule has 0 aliphatic rings. The average Bonchev–Trinajstić information content (AvgIpc) is 2.81. The second-order valence-corrected chi connectivity index (χ2v) is 7.61. The van der Waals surface area contributed by atoms with Crippen LogP contribution in [-0.2, 0) is 29.9 Å². The maximum absolute atomic E-state index is 12.2. The molecule has 6 nitrogen and oxygen atoms in total. The van der Waals surface area contributed by atoms with E-state index < -0.39 is 13.6 Å². The van der Waals surface area contributed by atoms with E-state index in [2.05, 4.69) is 4.74 Å². The fourth-order valence-electron chi connectivity index (χ4n) is 1.59. The first-order valence-corrected chi connectivity index (χ1v) is 7.81. The van der Waals surface area contributed by atoms with Crippen LogP contribution in [-0.4, -0.2) is 27.3 Å². The highest BCUT2D eigenvalue weighted by atomic mass is 31.2. The number of hydrogen-bond donors (Lipinski definition) is 0. The number of carbonyl (C=O) groups is 1. The van der Waals surface area contributed by atoms with Crippen molar-refractivity contribution >= 4 is 13.6 Å². The van der Waals surface area contributed by atoms with Gasteiger partial charge in [0.15, 0.2) is 0 Å². The fourth-order valence-corrected chi connectivity index (χ4v) is 2.65. The van der Waals surface area contributed by atoms with E-state index in [0.717, 1.165) is 0 Å². The zero-order chi connectivity index (χ0) is 15.6. The molecule has 0 amide bonds. The van der Waals surface area contributed by atoms with E-state index in [1.54, 1.807) is 6.07 Å². The van der Waals surface area contributed by atoms with Crippen molar-refractivity contribution in [2.75, 3.05) is 21.3 Å². The molecule has 0 aromatic carbocycles. The summed E-state index contributed by atoms with van der Waals surface area (Å²) in [7, 11) is 0.572. The van der Waals surface area contributed by atoms with Crippen LogP contribution in [0.3, 0.4) is 0 Å². The van der Waals surface area contributed by atoms with Gasteiger partial charge < -0.3 is 18.2 Å². The Morgan fingerprint density at radius 2 is 1.80 bits per heavy atom. The summed E-state index contributed by atoms with van der Waals surface area (Å²) in [5.41, 5.74) is 0.166. The van der Waals surface area contributed by atoms with Gasteiger partial charge >= 0.3 is 13.6 Å². The molecule has 1 rings (SSSR count). The Hall–Kier alpha value is -1.10. The van der Waals surface area contributed by atoms with Crippen LogP contribution in [0.15, 0.2) is 10.5 Å². The van der Waals surface area contributed by atoms with Crippen molar-refractivity contribution in [1.29, 1.82) is 0 Å². The van der Waals surface area contributed by atoms with E-state index >= 15 is 0 Å². The van der Waals surface area contributed by atoms with Crippen molar-refractivity contribution in [2.24, 2.45) is 0 Å². The number of esters is 1. The van der Waals surface area contributed by atoms with Gasteiger partial charge in [0.1, 0.15) is 5.76 Å². The summed E-state index contributed by atoms with van der Waals surface area (Å²) in [6, 6.07) is 1.69. The lowest BCUT2D eigenvalue weighted by atomic mass is 9.93. The highest BCUT2D eigenvalue weighted by molar-refractivity contribution is 7.52. The molecule has 114 valence electrons. The number of furan rings is 1. The van der Waals surface area contributed by atoms with Crippen molar-refractivity contribution in [3.05, 3.63) is 23.2 Å². The highest BCUT2D eigenvalue weighted by Crippen LogP contribution is 2.50. The van der Waals surface area contributed by atoms with Crippen molar-refractivity contribution in [1.82, 2.24) is 0 Å². The van der Waals surface area contributed by atoms with Crippen LogP contribution in [0.2, 0.25) is 0 Å². The highest BCUT2D eigenvalue weighted by Gasteiger charge is 2.31. The van der Waals surface area contributed by atoms with Crippen LogP contribution in [0.5, 0.6) is 0 Å². The molecule has 0 unspecified atom stereocenters. The molecule has 20 heavy (non-hydrogen) atoms. The largest absolute Gasteiger partial charge is 0.463 e. The van der Waals surface area contributed by atoms with Crippen LogP contribution in [0.4, 0.5) is 0 Å². The summed E-state index contributed by atoms with van der Waals surface area (Å²) >= 11 is 0. The predicted octanol–water partition coefficient (Wildman–Crippen LogP) is 3.35. The van der Waals surface area contributed by atoms with Crippen molar-refractivity contribution < 1.29 is 27.6 Å². The molecule has 0 aliphatic carbocycles. The molecule has 7 heteroatoms. The topological polar surface area (TPSA) is 75.0 Å². The normalized spacial score (nSPS) is 12.5. The summed E-state index contributed by atoms with van der Waals surface area (Å²) in [5.74, 6) is 0.0210. The van der Waals surface area contributed by atoms with E-state index in [0.29, 0.717) is 11.3 Å². The molecule has 0 radical (unpaired) electrons. The first-order chi connectivity index (χ1) is 9.16. The Balaban J connectivity index is 3.26. The summed E-state index contributed by atoms with van der Waals surface area (Å²) in [6.07, 6.45) is -0.0516. The standard InChI is InChI=1S/C13H21O6P/c1-13(2,3)10-7-9(8-20(15,17-5)18-6)11(19-10)12(14)16-4/h7H,8H2,1-6H3. The number of rotatable bonds is 5. The summed E-state index contributed by atoms with van der Waals surface area (Å²) in [4.78, 5) is 11.7. The van der Waals surface area contributed by atoms with Gasteiger partial charge in [0, 0.05) is 25.2 Å². The molecule has 0 saturated carbocycles. The van der Waals surface area contributed by atoms with E-state index in [1.807, 2.05) is 20.8 Å². The third-order valence-electron chi connectivity index (χ3n) is 2.84. The molecule has 1 aromatic rings. The number of hydrogen-bond acceptors (Lipinski definition) is 6. The van der Waals surface area contributed by atoms with Crippen molar-refractivity contribution in [2.45, 2.75) is 32.3 Å². The molecule has 1 heterocycles. The van der Waals surface area contributed by atoms with E-state index in [9.17, 15) is 9.36 Å². The molecule has 0 fully saturated rings. The first-order valence-electron chi connectivity index (χ1n) is 6.09. The lowest BCUT2D eigenvalue weighted by Crippen LogP contribution is -2.09. The average molecular weight is 304 g/mol. The van der Waals surface area contributed by atoms with Gasteiger partial charge in [0.2, 0.25) is 5.76 Å². The molecular weight excluding hydrogens is 283 g/mol. The fraction of sp³-hybridized carbons (Fsp3) is 0.615. The number of methoxy groups -OCH3 is 1. The monoisotopic (exact) mass is 304 g/mol. The molecule has 1 aromatic heterocycles. The van der Waals surface area contributed by atoms with Gasteiger partial charge in [-0.3, -0.25) is 4.57 Å². The minimum Gasteiger partial charge on any atom is -0.463 e. The number of carbonyl (C=O) groups excluding carboxylic acids is 1. The lowest BCUT2D eigenvalue weighted by Gasteiger charge is -2.14. The van der Waals surface area contributed by atoms with Gasteiger partial charge in [0.05, 0.1) is 13.3 Å². The third kappa shape index (κ3) is 3.72. The second-order valence-electron chi connectivity index (χ2n) is 5.34. The summed E-state index contributed by atoms with van der Waals surface area (Å²) < 4.78 is 32.2. The van der Waals surface area contributed by atoms with Crippen LogP contribution < -0.4 is 0 Å². The minimum atomic E-state index is -3.29. The van der Waals surface area contributed by atoms with E-state index in [-0.39, 0.29) is 17.3 Å². The Labute approximate surface area is 118 Å². The van der Waals surface area contributed by atoms with Gasteiger partial charge in [-0.1, -0.05) is 20.8 Å². The molecule has 0 spiro atoms. The first kappa shape index (κ1) is 17.0. The van der Waals surface area contributed by atoms with E-state index in [1.165, 1.54) is 21.3 Å². The Morgan fingerprint density at radius 1 is 1.25 bits per heavy atom. The van der Waals surface area contributed by atoms with E-state index in [4.69, 9.17) is 13.5 Å². The Morgan fingerprint density at radius 3 is 2.20 bits per heavy atom. The maximum Gasteiger partial charge on any atom is 0.374 e. The quantitative estimate of drug-likeness (QED) is 0.613. The number of ether oxygens (including phenoxy) is 1. The summed E-state index contributed by atoms with van der Waals surface area (Å²) in [5, 5.41) is 0. The van der Waals surface area contributed by atoms with Crippen LogP contribution in [0.1, 0.15) is 42.6 Å². The lowest BCUT2D eigenvalue weighted by molar-refractivity contribution is 0.0560. The zero-order valence-electron chi connectivity index (χ0n) is 12.7. The van der Waals surface area contributed by atoms with Crippen LogP contribution in [0, 0.1) is 0 Å². The Bertz CT molecular complexity index is 517. The second kappa shape index (κ2) is 6.12. The predicted molar refractivity (Wildman–Crippen MR) is 74.1 cm³/mol. The van der Waals surface area contributed by atoms with Crippen LogP contribution >= 0.6 is 7.60 Å². The molecular formula is C13H21O6P. The van der Waals surface area contributed by atoms with Gasteiger partial charge in [-0.2, -0.15) is 0 Å². The minimum absolute atomic E-state index is 0.0340. The van der Waals surface area contributed by atoms with Gasteiger partial charge in [-0.25, -0.2) is 4.79 Å². The third-order valence-corrected chi connectivity index (χ3v) is 4.68. The SMILES string of the molecule is COC(=O)c1oc(C(C)(C)C)cc1CP(=O)(OC)OC. The zero-order valence-corrected chi connectivity index (χ0v) is 13.6. The molecule has 0 atom stereocenters.